The van der Waals surface area contributed by atoms with Crippen LogP contribution < -0.4 is 5.32 Å². The van der Waals surface area contributed by atoms with Gasteiger partial charge < -0.3 is 5.32 Å². The average Bonchev–Trinajstić information content (AvgIpc) is 2.78. The van der Waals surface area contributed by atoms with Crippen molar-refractivity contribution in [3.05, 3.63) is 54.4 Å². The summed E-state index contributed by atoms with van der Waals surface area (Å²) in [6.45, 7) is 5.63. The van der Waals surface area contributed by atoms with Crippen LogP contribution in [0.25, 0.3) is 5.57 Å². The molecule has 0 aliphatic carbocycles. The van der Waals surface area contributed by atoms with Crippen molar-refractivity contribution < 1.29 is 0 Å². The van der Waals surface area contributed by atoms with E-state index in [1.165, 1.54) is 6.20 Å². The first-order valence-corrected chi connectivity index (χ1v) is 5.07. The highest BCUT2D eigenvalue weighted by molar-refractivity contribution is 6.12. The van der Waals surface area contributed by atoms with Gasteiger partial charge in [-0.15, -0.1) is 0 Å². The van der Waals surface area contributed by atoms with E-state index in [9.17, 15) is 0 Å². The molecule has 0 amide bonds. The van der Waals surface area contributed by atoms with Crippen molar-refractivity contribution in [1.82, 2.24) is 5.32 Å². The van der Waals surface area contributed by atoms with Crippen molar-refractivity contribution in [2.45, 2.75) is 6.92 Å². The van der Waals surface area contributed by atoms with Crippen LogP contribution in [0.2, 0.25) is 0 Å². The van der Waals surface area contributed by atoms with Crippen LogP contribution in [0.1, 0.15) is 12.5 Å². The van der Waals surface area contributed by atoms with Crippen molar-refractivity contribution >= 4 is 17.7 Å². The van der Waals surface area contributed by atoms with Gasteiger partial charge in [0.05, 0.1) is 12.0 Å². The van der Waals surface area contributed by atoms with Gasteiger partial charge in [0.25, 0.3) is 0 Å². The van der Waals surface area contributed by atoms with Crippen LogP contribution in [0, 0.1) is 0 Å². The summed E-state index contributed by atoms with van der Waals surface area (Å²) in [5, 5.41) is 3.10. The molecule has 3 heteroatoms. The highest BCUT2D eigenvalue weighted by Gasteiger charge is 2.13. The van der Waals surface area contributed by atoms with Gasteiger partial charge in [-0.1, -0.05) is 36.9 Å². The minimum absolute atomic E-state index is 0.677. The zero-order valence-electron chi connectivity index (χ0n) is 9.14. The van der Waals surface area contributed by atoms with E-state index in [4.69, 9.17) is 0 Å². The molecule has 1 aromatic rings. The highest BCUT2D eigenvalue weighted by atomic mass is 15.1. The van der Waals surface area contributed by atoms with Crippen molar-refractivity contribution in [2.24, 2.45) is 9.98 Å². The zero-order chi connectivity index (χ0) is 11.4. The molecule has 1 heterocycles. The molecule has 1 aliphatic rings. The number of rotatable bonds is 2. The number of benzene rings is 1. The molecule has 0 saturated carbocycles. The quantitative estimate of drug-likeness (QED) is 0.802. The number of hydrogen-bond acceptors (Lipinski definition) is 2. The van der Waals surface area contributed by atoms with Crippen LogP contribution in [-0.4, -0.2) is 12.2 Å². The van der Waals surface area contributed by atoms with E-state index in [1.54, 1.807) is 6.34 Å². The second-order valence-corrected chi connectivity index (χ2v) is 3.40. The molecule has 0 unspecified atom stereocenters. The molecule has 0 saturated heterocycles. The van der Waals surface area contributed by atoms with Crippen LogP contribution in [0.5, 0.6) is 0 Å². The number of allylic oxidation sites excluding steroid dienone is 1. The Morgan fingerprint density at radius 1 is 1.38 bits per heavy atom. The first kappa shape index (κ1) is 10.4. The Kier molecular flexibility index (Phi) is 2.96. The fourth-order valence-electron chi connectivity index (χ4n) is 1.58. The predicted octanol–water partition coefficient (Wildman–Crippen LogP) is 2.59. The molecule has 0 spiro atoms. The van der Waals surface area contributed by atoms with E-state index < -0.39 is 0 Å². The van der Waals surface area contributed by atoms with E-state index in [2.05, 4.69) is 34.0 Å². The molecule has 0 bridgehead atoms. The van der Waals surface area contributed by atoms with Gasteiger partial charge in [-0.05, 0) is 18.1 Å². The number of hydrogen-bond donors (Lipinski definition) is 1. The second kappa shape index (κ2) is 4.57. The van der Waals surface area contributed by atoms with Crippen LogP contribution in [0.15, 0.2) is 58.8 Å². The van der Waals surface area contributed by atoms with Gasteiger partial charge in [-0.2, -0.15) is 0 Å². The molecule has 80 valence electrons. The summed E-state index contributed by atoms with van der Waals surface area (Å²) in [6, 6.07) is 10.2. The minimum Gasteiger partial charge on any atom is -0.343 e. The molecule has 0 fully saturated rings. The molecule has 2 rings (SSSR count). The van der Waals surface area contributed by atoms with Crippen molar-refractivity contribution in [1.29, 1.82) is 0 Å². The monoisotopic (exact) mass is 211 g/mol. The maximum atomic E-state index is 4.14. The first-order chi connectivity index (χ1) is 7.83. The van der Waals surface area contributed by atoms with Gasteiger partial charge in [0, 0.05) is 6.20 Å². The molecule has 1 aliphatic heterocycles. The molecule has 3 nitrogen and oxygen atoms in total. The zero-order valence-corrected chi connectivity index (χ0v) is 9.14. The van der Waals surface area contributed by atoms with E-state index in [0.717, 1.165) is 16.8 Å². The average molecular weight is 211 g/mol. The molecule has 0 atom stereocenters. The SMILES string of the molecule is C=CN=C1N=CN/C1=C(/C)c1ccccc1. The first-order valence-electron chi connectivity index (χ1n) is 5.07. The lowest BCUT2D eigenvalue weighted by molar-refractivity contribution is 1.27. The minimum atomic E-state index is 0.677. The van der Waals surface area contributed by atoms with Gasteiger partial charge >= 0.3 is 0 Å². The Morgan fingerprint density at radius 3 is 2.81 bits per heavy atom. The summed E-state index contributed by atoms with van der Waals surface area (Å²) < 4.78 is 0. The normalized spacial score (nSPS) is 19.7. The van der Waals surface area contributed by atoms with Crippen molar-refractivity contribution in [3.8, 4) is 0 Å². The number of nitrogens with zero attached hydrogens (tertiary/aromatic N) is 2. The summed E-state index contributed by atoms with van der Waals surface area (Å²) in [5.74, 6) is 0.677. The topological polar surface area (TPSA) is 36.8 Å². The largest absolute Gasteiger partial charge is 0.343 e. The fourth-order valence-corrected chi connectivity index (χ4v) is 1.58. The van der Waals surface area contributed by atoms with Gasteiger partial charge in [0.15, 0.2) is 5.84 Å². The lowest BCUT2D eigenvalue weighted by atomic mass is 10.1. The Bertz CT molecular complexity index is 481. The van der Waals surface area contributed by atoms with E-state index in [-0.39, 0.29) is 0 Å². The van der Waals surface area contributed by atoms with Crippen LogP contribution >= 0.6 is 0 Å². The smallest absolute Gasteiger partial charge is 0.177 e. The number of nitrogens with one attached hydrogen (secondary N) is 1. The molecular formula is C13H13N3. The molecule has 16 heavy (non-hydrogen) atoms. The Morgan fingerprint density at radius 2 is 2.12 bits per heavy atom. The lowest BCUT2D eigenvalue weighted by Gasteiger charge is -2.06. The predicted molar refractivity (Wildman–Crippen MR) is 68.3 cm³/mol. The molecular weight excluding hydrogens is 198 g/mol. The Balaban J connectivity index is 2.43. The Labute approximate surface area is 94.9 Å². The number of amidine groups is 1. The third kappa shape index (κ3) is 1.93. The maximum absolute atomic E-state index is 4.14. The van der Waals surface area contributed by atoms with Gasteiger partial charge in [-0.3, -0.25) is 0 Å². The summed E-state index contributed by atoms with van der Waals surface area (Å²) in [5.41, 5.74) is 3.22. The summed E-state index contributed by atoms with van der Waals surface area (Å²) >= 11 is 0. The lowest BCUT2D eigenvalue weighted by Crippen LogP contribution is -2.10. The molecule has 0 radical (unpaired) electrons. The van der Waals surface area contributed by atoms with Gasteiger partial charge in [-0.25, -0.2) is 9.98 Å². The van der Waals surface area contributed by atoms with Gasteiger partial charge in [0.2, 0.25) is 0 Å². The van der Waals surface area contributed by atoms with Crippen molar-refractivity contribution in [2.75, 3.05) is 0 Å². The highest BCUT2D eigenvalue weighted by Crippen LogP contribution is 2.19. The summed E-state index contributed by atoms with van der Waals surface area (Å²) in [7, 11) is 0. The molecule has 0 aromatic heterocycles. The van der Waals surface area contributed by atoms with Crippen LogP contribution in [-0.2, 0) is 0 Å². The van der Waals surface area contributed by atoms with E-state index in [0.29, 0.717) is 5.84 Å². The second-order valence-electron chi connectivity index (χ2n) is 3.40. The van der Waals surface area contributed by atoms with Crippen LogP contribution in [0.4, 0.5) is 0 Å². The summed E-state index contributed by atoms with van der Waals surface area (Å²) in [4.78, 5) is 8.25. The fraction of sp³-hybridized carbons (Fsp3) is 0.0769. The van der Waals surface area contributed by atoms with Crippen molar-refractivity contribution in [3.63, 3.8) is 0 Å². The molecule has 1 aromatic carbocycles. The summed E-state index contributed by atoms with van der Waals surface area (Å²) in [6.07, 6.45) is 3.14. The maximum Gasteiger partial charge on any atom is 0.177 e. The van der Waals surface area contributed by atoms with E-state index >= 15 is 0 Å². The molecule has 1 N–H and O–H groups in total. The van der Waals surface area contributed by atoms with Gasteiger partial charge in [0.1, 0.15) is 0 Å². The van der Waals surface area contributed by atoms with Crippen LogP contribution in [0.3, 0.4) is 0 Å². The van der Waals surface area contributed by atoms with E-state index in [1.807, 2.05) is 25.1 Å². The Hall–Kier alpha value is -2.16. The third-order valence-electron chi connectivity index (χ3n) is 2.41. The third-order valence-corrected chi connectivity index (χ3v) is 2.41. The standard InChI is InChI=1S/C13H13N3/c1-3-14-13-12(15-9-16-13)10(2)11-7-5-4-6-8-11/h3-9H,1H2,2H3,(H,14,15,16)/b12-10-. The number of aliphatic imine (C=N–C) groups is 2.